The largest absolute Gasteiger partial charge is 0.471 e. The van der Waals surface area contributed by atoms with Crippen molar-refractivity contribution in [2.45, 2.75) is 24.6 Å². The number of carbonyl (C=O) groups is 1. The van der Waals surface area contributed by atoms with Crippen molar-refractivity contribution < 1.29 is 22.7 Å². The van der Waals surface area contributed by atoms with E-state index in [9.17, 15) is 18.0 Å². The first-order chi connectivity index (χ1) is 7.96. The third-order valence-electron chi connectivity index (χ3n) is 3.42. The van der Waals surface area contributed by atoms with Crippen LogP contribution in [-0.2, 0) is 9.53 Å². The number of amides is 1. The minimum atomic E-state index is -4.80. The topological polar surface area (TPSA) is 41.6 Å². The number of morpholine rings is 1. The molecule has 2 aliphatic heterocycles. The van der Waals surface area contributed by atoms with Gasteiger partial charge >= 0.3 is 12.1 Å². The number of carbonyl (C=O) groups excluding carboxylic acids is 1. The highest BCUT2D eigenvalue weighted by molar-refractivity contribution is 5.82. The van der Waals surface area contributed by atoms with Crippen LogP contribution in [0.25, 0.3) is 0 Å². The molecule has 1 N–H and O–H groups in total. The maximum Gasteiger partial charge on any atom is 0.471 e. The van der Waals surface area contributed by atoms with E-state index in [4.69, 9.17) is 4.74 Å². The first kappa shape index (κ1) is 12.6. The molecule has 0 aromatic carbocycles. The van der Waals surface area contributed by atoms with Crippen LogP contribution < -0.4 is 5.32 Å². The van der Waals surface area contributed by atoms with Gasteiger partial charge in [-0.1, -0.05) is 0 Å². The zero-order valence-electron chi connectivity index (χ0n) is 9.35. The molecule has 0 aromatic heterocycles. The summed E-state index contributed by atoms with van der Waals surface area (Å²) in [5.41, 5.74) is -0.768. The van der Waals surface area contributed by atoms with E-state index < -0.39 is 17.6 Å². The molecule has 2 fully saturated rings. The van der Waals surface area contributed by atoms with Crippen LogP contribution in [0.1, 0.15) is 12.8 Å². The minimum Gasteiger partial charge on any atom is -0.377 e. The fraction of sp³-hybridized carbons (Fsp3) is 0.900. The van der Waals surface area contributed by atoms with E-state index in [1.165, 1.54) is 0 Å². The molecule has 2 aliphatic rings. The number of piperidine rings is 1. The number of nitrogens with zero attached hydrogens (tertiary/aromatic N) is 1. The zero-order chi connectivity index (χ0) is 12.5. The van der Waals surface area contributed by atoms with Crippen LogP contribution in [0.4, 0.5) is 13.2 Å². The van der Waals surface area contributed by atoms with E-state index in [0.717, 1.165) is 4.90 Å². The normalized spacial score (nSPS) is 25.0. The smallest absolute Gasteiger partial charge is 0.377 e. The summed E-state index contributed by atoms with van der Waals surface area (Å²) in [7, 11) is 0. The van der Waals surface area contributed by atoms with Crippen LogP contribution in [0.2, 0.25) is 0 Å². The molecule has 0 saturated carbocycles. The lowest BCUT2D eigenvalue weighted by atomic mass is 9.86. The highest BCUT2D eigenvalue weighted by Crippen LogP contribution is 2.33. The lowest BCUT2D eigenvalue weighted by molar-refractivity contribution is -0.201. The first-order valence-corrected chi connectivity index (χ1v) is 5.63. The van der Waals surface area contributed by atoms with Gasteiger partial charge in [0.25, 0.3) is 0 Å². The quantitative estimate of drug-likeness (QED) is 0.683. The second-order valence-electron chi connectivity index (χ2n) is 4.48. The van der Waals surface area contributed by atoms with Crippen molar-refractivity contribution in [3.8, 4) is 0 Å². The van der Waals surface area contributed by atoms with Crippen molar-refractivity contribution in [3.05, 3.63) is 0 Å². The van der Waals surface area contributed by atoms with Gasteiger partial charge in [-0.15, -0.1) is 0 Å². The molecular weight excluding hydrogens is 237 g/mol. The van der Waals surface area contributed by atoms with Crippen molar-refractivity contribution in [1.29, 1.82) is 0 Å². The Bertz CT molecular complexity index is 292. The average molecular weight is 252 g/mol. The third-order valence-corrected chi connectivity index (χ3v) is 3.42. The molecule has 17 heavy (non-hydrogen) atoms. The molecule has 2 heterocycles. The van der Waals surface area contributed by atoms with E-state index in [1.807, 2.05) is 0 Å². The molecular formula is C10H15F3N2O2. The Hall–Kier alpha value is -0.820. The van der Waals surface area contributed by atoms with Gasteiger partial charge in [0.1, 0.15) is 0 Å². The number of hydrogen-bond acceptors (Lipinski definition) is 3. The highest BCUT2D eigenvalue weighted by Gasteiger charge is 2.51. The van der Waals surface area contributed by atoms with E-state index >= 15 is 0 Å². The van der Waals surface area contributed by atoms with E-state index in [1.54, 1.807) is 0 Å². The minimum absolute atomic E-state index is 0.0261. The summed E-state index contributed by atoms with van der Waals surface area (Å²) < 4.78 is 42.8. The van der Waals surface area contributed by atoms with Crippen LogP contribution in [0.15, 0.2) is 0 Å². The highest BCUT2D eigenvalue weighted by atomic mass is 19.4. The molecule has 1 amide bonds. The molecule has 0 atom stereocenters. The monoisotopic (exact) mass is 252 g/mol. The van der Waals surface area contributed by atoms with Crippen LogP contribution in [0.5, 0.6) is 0 Å². The van der Waals surface area contributed by atoms with Crippen LogP contribution in [0, 0.1) is 0 Å². The molecule has 0 bridgehead atoms. The van der Waals surface area contributed by atoms with Crippen molar-refractivity contribution in [2.24, 2.45) is 0 Å². The molecule has 2 rings (SSSR count). The van der Waals surface area contributed by atoms with Gasteiger partial charge in [0.15, 0.2) is 0 Å². The molecule has 0 aliphatic carbocycles. The van der Waals surface area contributed by atoms with Crippen molar-refractivity contribution in [2.75, 3.05) is 32.8 Å². The van der Waals surface area contributed by atoms with Gasteiger partial charge in [0, 0.05) is 6.54 Å². The van der Waals surface area contributed by atoms with Crippen molar-refractivity contribution in [1.82, 2.24) is 10.2 Å². The van der Waals surface area contributed by atoms with Gasteiger partial charge in [0.05, 0.1) is 18.8 Å². The number of ether oxygens (including phenoxy) is 1. The molecule has 98 valence electrons. The Kier molecular flexibility index (Phi) is 3.31. The number of nitrogens with one attached hydrogen (secondary N) is 1. The van der Waals surface area contributed by atoms with E-state index in [0.29, 0.717) is 25.9 Å². The van der Waals surface area contributed by atoms with Crippen LogP contribution >= 0.6 is 0 Å². The summed E-state index contributed by atoms with van der Waals surface area (Å²) >= 11 is 0. The van der Waals surface area contributed by atoms with Crippen molar-refractivity contribution >= 4 is 5.91 Å². The van der Waals surface area contributed by atoms with Crippen LogP contribution in [-0.4, -0.2) is 55.4 Å². The summed E-state index contributed by atoms with van der Waals surface area (Å²) in [6.07, 6.45) is -3.78. The summed E-state index contributed by atoms with van der Waals surface area (Å²) in [5, 5.41) is 3.08. The number of hydrogen-bond donors (Lipinski definition) is 1. The average Bonchev–Trinajstić information content (AvgIpc) is 2.29. The predicted molar refractivity (Wildman–Crippen MR) is 53.4 cm³/mol. The predicted octanol–water partition coefficient (Wildman–Crippen LogP) is 0.530. The van der Waals surface area contributed by atoms with Gasteiger partial charge in [-0.3, -0.25) is 4.79 Å². The molecule has 2 saturated heterocycles. The van der Waals surface area contributed by atoms with Crippen molar-refractivity contribution in [3.63, 3.8) is 0 Å². The molecule has 0 radical (unpaired) electrons. The second kappa shape index (κ2) is 4.45. The number of rotatable bonds is 0. The third kappa shape index (κ3) is 2.40. The number of alkyl halides is 3. The van der Waals surface area contributed by atoms with Crippen LogP contribution in [0.3, 0.4) is 0 Å². The number of halogens is 3. The van der Waals surface area contributed by atoms with Gasteiger partial charge in [0.2, 0.25) is 0 Å². The molecule has 4 nitrogen and oxygen atoms in total. The standard InChI is InChI=1S/C10H15F3N2O2/c11-10(12,13)8(16)15-5-6-17-7-9(15)1-3-14-4-2-9/h14H,1-7H2. The van der Waals surface area contributed by atoms with Gasteiger partial charge in [-0.2, -0.15) is 13.2 Å². The Morgan fingerprint density at radius 1 is 1.29 bits per heavy atom. The zero-order valence-corrected chi connectivity index (χ0v) is 9.35. The lowest BCUT2D eigenvalue weighted by Crippen LogP contribution is -2.64. The van der Waals surface area contributed by atoms with Gasteiger partial charge < -0.3 is 15.0 Å². The molecule has 1 spiro atoms. The summed E-state index contributed by atoms with van der Waals surface area (Å²) in [4.78, 5) is 12.4. The fourth-order valence-corrected chi connectivity index (χ4v) is 2.51. The Balaban J connectivity index is 2.20. The van der Waals surface area contributed by atoms with E-state index in [2.05, 4.69) is 5.32 Å². The SMILES string of the molecule is O=C(N1CCOCC12CCNCC2)C(F)(F)F. The maximum absolute atomic E-state index is 12.5. The maximum atomic E-state index is 12.5. The molecule has 0 aromatic rings. The lowest BCUT2D eigenvalue weighted by Gasteiger charge is -2.49. The summed E-state index contributed by atoms with van der Waals surface area (Å²) in [5.74, 6) is -1.73. The first-order valence-electron chi connectivity index (χ1n) is 5.63. The van der Waals surface area contributed by atoms with Gasteiger partial charge in [-0.25, -0.2) is 0 Å². The Morgan fingerprint density at radius 2 is 1.94 bits per heavy atom. The second-order valence-corrected chi connectivity index (χ2v) is 4.48. The summed E-state index contributed by atoms with van der Waals surface area (Å²) in [6, 6.07) is 0. The fourth-order valence-electron chi connectivity index (χ4n) is 2.51. The van der Waals surface area contributed by atoms with Gasteiger partial charge in [-0.05, 0) is 25.9 Å². The molecule has 0 unspecified atom stereocenters. The Morgan fingerprint density at radius 3 is 2.53 bits per heavy atom. The molecule has 7 heteroatoms. The van der Waals surface area contributed by atoms with E-state index in [-0.39, 0.29) is 19.8 Å². The Labute approximate surface area is 97.1 Å². The summed E-state index contributed by atoms with van der Waals surface area (Å²) in [6.45, 7) is 1.64.